The quantitative estimate of drug-likeness (QED) is 0.584. The van der Waals surface area contributed by atoms with Gasteiger partial charge in [-0.05, 0) is 25.7 Å². The monoisotopic (exact) mass is 473 g/mol. The number of pyridine rings is 1. The molecule has 2 atom stereocenters. The van der Waals surface area contributed by atoms with Crippen molar-refractivity contribution in [3.05, 3.63) is 17.5 Å². The fraction of sp³-hybridized carbons (Fsp3) is 0.667. The van der Waals surface area contributed by atoms with Gasteiger partial charge in [-0.15, -0.1) is 11.8 Å². The average molecular weight is 474 g/mol. The molecule has 0 saturated carbocycles. The summed E-state index contributed by atoms with van der Waals surface area (Å²) in [5, 5.41) is 5.82. The summed E-state index contributed by atoms with van der Waals surface area (Å²) in [7, 11) is 1.88. The maximum Gasteiger partial charge on any atom is 0.410 e. The summed E-state index contributed by atoms with van der Waals surface area (Å²) in [5.41, 5.74) is 2.34. The molecule has 9 heteroatoms. The van der Waals surface area contributed by atoms with Crippen LogP contribution in [0.15, 0.2) is 11.1 Å². The van der Waals surface area contributed by atoms with E-state index in [0.717, 1.165) is 40.9 Å². The van der Waals surface area contributed by atoms with E-state index in [0.29, 0.717) is 36.4 Å². The van der Waals surface area contributed by atoms with Crippen molar-refractivity contribution in [1.82, 2.24) is 24.6 Å². The number of ether oxygens (including phenoxy) is 1. The van der Waals surface area contributed by atoms with Gasteiger partial charge in [0.15, 0.2) is 5.65 Å². The fourth-order valence-corrected chi connectivity index (χ4v) is 6.08. The number of carbonyl (C=O) groups excluding carboxylic acids is 2. The van der Waals surface area contributed by atoms with Crippen LogP contribution in [-0.4, -0.2) is 73.6 Å². The summed E-state index contributed by atoms with van der Waals surface area (Å²) in [6, 6.07) is 0.248. The van der Waals surface area contributed by atoms with Gasteiger partial charge >= 0.3 is 6.09 Å². The molecule has 2 aliphatic heterocycles. The summed E-state index contributed by atoms with van der Waals surface area (Å²) >= 11 is 1.69. The van der Waals surface area contributed by atoms with Crippen molar-refractivity contribution in [3.8, 4) is 0 Å². The normalized spacial score (nSPS) is 20.7. The molecule has 2 amide bonds. The maximum absolute atomic E-state index is 13.6. The molecular weight excluding hydrogens is 438 g/mol. The van der Waals surface area contributed by atoms with Gasteiger partial charge in [0.05, 0.1) is 22.7 Å². The second kappa shape index (κ2) is 9.52. The van der Waals surface area contributed by atoms with E-state index in [-0.39, 0.29) is 24.1 Å². The van der Waals surface area contributed by atoms with E-state index in [4.69, 9.17) is 4.74 Å². The number of fused-ring (bicyclic) bond motifs is 1. The first-order valence-electron chi connectivity index (χ1n) is 12.0. The molecule has 0 bridgehead atoms. The molecule has 0 radical (unpaired) electrons. The molecule has 0 N–H and O–H groups in total. The molecule has 2 unspecified atom stereocenters. The van der Waals surface area contributed by atoms with Gasteiger partial charge in [0.2, 0.25) is 0 Å². The highest BCUT2D eigenvalue weighted by molar-refractivity contribution is 8.00. The van der Waals surface area contributed by atoms with Crippen molar-refractivity contribution >= 4 is 34.8 Å². The first-order valence-corrected chi connectivity index (χ1v) is 12.8. The smallest absolute Gasteiger partial charge is 0.410 e. The Morgan fingerprint density at radius 3 is 2.61 bits per heavy atom. The van der Waals surface area contributed by atoms with Gasteiger partial charge in [-0.1, -0.05) is 34.1 Å². The Labute approximate surface area is 200 Å². The van der Waals surface area contributed by atoms with E-state index < -0.39 is 0 Å². The van der Waals surface area contributed by atoms with Crippen molar-refractivity contribution in [2.75, 3.05) is 19.7 Å². The van der Waals surface area contributed by atoms with Crippen LogP contribution in [0.25, 0.3) is 11.0 Å². The Balaban J connectivity index is 1.54. The SMILES string of the molecule is CCC(C)C1COC(=O)N1C1CCN(C(=O)c2cnc3c(c(C)nn3C)c2SC(C)C)CC1. The molecular formula is C24H35N5O3S. The molecule has 4 heterocycles. The van der Waals surface area contributed by atoms with Crippen molar-refractivity contribution in [1.29, 1.82) is 0 Å². The van der Waals surface area contributed by atoms with Gasteiger partial charge < -0.3 is 9.64 Å². The molecule has 0 aliphatic carbocycles. The average Bonchev–Trinajstić information content (AvgIpc) is 3.32. The summed E-state index contributed by atoms with van der Waals surface area (Å²) < 4.78 is 7.17. The molecule has 33 heavy (non-hydrogen) atoms. The number of carbonyl (C=O) groups is 2. The fourth-order valence-electron chi connectivity index (χ4n) is 4.98. The number of rotatable bonds is 6. The predicted octanol–water partition coefficient (Wildman–Crippen LogP) is 4.25. The van der Waals surface area contributed by atoms with E-state index in [9.17, 15) is 9.59 Å². The van der Waals surface area contributed by atoms with Crippen LogP contribution < -0.4 is 0 Å². The third-order valence-electron chi connectivity index (χ3n) is 6.96. The number of aryl methyl sites for hydroxylation is 2. The molecule has 2 fully saturated rings. The number of cyclic esters (lactones) is 1. The van der Waals surface area contributed by atoms with Crippen LogP contribution in [0, 0.1) is 12.8 Å². The largest absolute Gasteiger partial charge is 0.447 e. The Hall–Kier alpha value is -2.29. The van der Waals surface area contributed by atoms with E-state index >= 15 is 0 Å². The number of amides is 2. The third kappa shape index (κ3) is 4.44. The van der Waals surface area contributed by atoms with Crippen molar-refractivity contribution < 1.29 is 14.3 Å². The molecule has 0 spiro atoms. The number of hydrogen-bond acceptors (Lipinski definition) is 6. The van der Waals surface area contributed by atoms with Crippen LogP contribution in [-0.2, 0) is 11.8 Å². The van der Waals surface area contributed by atoms with Crippen molar-refractivity contribution in [2.24, 2.45) is 13.0 Å². The Bertz CT molecular complexity index is 1040. The summed E-state index contributed by atoms with van der Waals surface area (Å²) in [4.78, 5) is 35.5. The number of thioether (sulfide) groups is 1. The number of nitrogens with zero attached hydrogens (tertiary/aromatic N) is 5. The zero-order valence-electron chi connectivity index (χ0n) is 20.5. The number of likely N-dealkylation sites (tertiary alicyclic amines) is 1. The second-order valence-corrected chi connectivity index (χ2v) is 11.1. The van der Waals surface area contributed by atoms with Gasteiger partial charge in [0.25, 0.3) is 5.91 Å². The Kier molecular flexibility index (Phi) is 6.88. The molecule has 8 nitrogen and oxygen atoms in total. The lowest BCUT2D eigenvalue weighted by Gasteiger charge is -2.39. The third-order valence-corrected chi connectivity index (χ3v) is 8.09. The number of piperidine rings is 1. The van der Waals surface area contributed by atoms with Gasteiger partial charge in [0.1, 0.15) is 6.61 Å². The van der Waals surface area contributed by atoms with Crippen LogP contribution >= 0.6 is 11.8 Å². The minimum absolute atomic E-state index is 0.0109. The van der Waals surface area contributed by atoms with Gasteiger partial charge in [0, 0.05) is 42.5 Å². The first kappa shape index (κ1) is 23.9. The topological polar surface area (TPSA) is 80.6 Å². The summed E-state index contributed by atoms with van der Waals surface area (Å²) in [6.45, 7) is 12.3. The van der Waals surface area contributed by atoms with E-state index in [1.165, 1.54) is 0 Å². The van der Waals surface area contributed by atoms with Gasteiger partial charge in [-0.2, -0.15) is 5.10 Å². The lowest BCUT2D eigenvalue weighted by molar-refractivity contribution is 0.0611. The molecule has 2 aromatic heterocycles. The highest BCUT2D eigenvalue weighted by atomic mass is 32.2. The van der Waals surface area contributed by atoms with E-state index in [1.54, 1.807) is 22.6 Å². The highest BCUT2D eigenvalue weighted by Gasteiger charge is 2.42. The standard InChI is InChI=1S/C24H35N5O3S/c1-7-15(4)19-13-32-24(31)29(19)17-8-10-28(11-9-17)23(30)18-12-25-22-20(16(5)26-27(22)6)21(18)33-14(2)3/h12,14-15,17,19H,7-11,13H2,1-6H3. The lowest BCUT2D eigenvalue weighted by Crippen LogP contribution is -2.51. The van der Waals surface area contributed by atoms with Crippen LogP contribution in [0.2, 0.25) is 0 Å². The van der Waals surface area contributed by atoms with Crippen molar-refractivity contribution in [3.63, 3.8) is 0 Å². The highest BCUT2D eigenvalue weighted by Crippen LogP contribution is 2.36. The lowest BCUT2D eigenvalue weighted by atomic mass is 9.95. The Morgan fingerprint density at radius 1 is 1.27 bits per heavy atom. The molecule has 4 rings (SSSR count). The van der Waals surface area contributed by atoms with Gasteiger partial charge in [-0.3, -0.25) is 14.4 Å². The number of hydrogen-bond donors (Lipinski definition) is 0. The van der Waals surface area contributed by atoms with Crippen LogP contribution in [0.3, 0.4) is 0 Å². The van der Waals surface area contributed by atoms with E-state index in [2.05, 4.69) is 37.8 Å². The predicted molar refractivity (Wildman–Crippen MR) is 130 cm³/mol. The first-order chi connectivity index (χ1) is 15.7. The minimum Gasteiger partial charge on any atom is -0.447 e. The van der Waals surface area contributed by atoms with Crippen LogP contribution in [0.5, 0.6) is 0 Å². The van der Waals surface area contributed by atoms with Gasteiger partial charge in [-0.25, -0.2) is 9.78 Å². The molecule has 2 aromatic rings. The second-order valence-electron chi connectivity index (χ2n) is 9.54. The maximum atomic E-state index is 13.6. The summed E-state index contributed by atoms with van der Waals surface area (Å²) in [5.74, 6) is 0.406. The van der Waals surface area contributed by atoms with Crippen LogP contribution in [0.4, 0.5) is 4.79 Å². The van der Waals surface area contributed by atoms with E-state index in [1.807, 2.05) is 23.8 Å². The molecule has 2 aliphatic rings. The number of aromatic nitrogens is 3. The molecule has 2 saturated heterocycles. The van der Waals surface area contributed by atoms with Crippen molar-refractivity contribution in [2.45, 2.75) is 76.1 Å². The molecule has 180 valence electrons. The summed E-state index contributed by atoms with van der Waals surface area (Å²) in [6.07, 6.45) is 4.04. The Morgan fingerprint density at radius 2 is 1.97 bits per heavy atom. The minimum atomic E-state index is -0.206. The van der Waals surface area contributed by atoms with Crippen LogP contribution in [0.1, 0.15) is 63.0 Å². The molecule has 0 aromatic carbocycles. The zero-order valence-corrected chi connectivity index (χ0v) is 21.3. The zero-order chi connectivity index (χ0) is 23.9.